The van der Waals surface area contributed by atoms with E-state index < -0.39 is 11.2 Å². The molecule has 2 N–H and O–H groups in total. The number of benzene rings is 2. The van der Waals surface area contributed by atoms with Crippen molar-refractivity contribution in [3.8, 4) is 5.75 Å². The van der Waals surface area contributed by atoms with Gasteiger partial charge in [0.2, 0.25) is 5.91 Å². The van der Waals surface area contributed by atoms with Crippen LogP contribution in [-0.4, -0.2) is 34.6 Å². The number of rotatable bonds is 10. The van der Waals surface area contributed by atoms with Crippen molar-refractivity contribution in [1.29, 1.82) is 0 Å². The number of aryl methyl sites for hydroxylation is 1. The zero-order valence-corrected chi connectivity index (χ0v) is 15.5. The summed E-state index contributed by atoms with van der Waals surface area (Å²) in [6.07, 6.45) is 1.15. The zero-order valence-electron chi connectivity index (χ0n) is 14.7. The maximum absolute atomic E-state index is 12.2. The molecular formula is C20H23NO4S. The molecule has 2 rings (SSSR count). The molecule has 2 aromatic carbocycles. The van der Waals surface area contributed by atoms with Gasteiger partial charge >= 0.3 is 5.97 Å². The summed E-state index contributed by atoms with van der Waals surface area (Å²) in [5, 5.41) is 11.6. The Kier molecular flexibility index (Phi) is 8.02. The van der Waals surface area contributed by atoms with Crippen molar-refractivity contribution in [3.63, 3.8) is 0 Å². The van der Waals surface area contributed by atoms with E-state index in [1.807, 2.05) is 49.4 Å². The lowest BCUT2D eigenvalue weighted by molar-refractivity contribution is -0.136. The minimum Gasteiger partial charge on any atom is -0.492 e. The third-order valence-corrected chi connectivity index (χ3v) is 4.96. The molecule has 0 saturated heterocycles. The van der Waals surface area contributed by atoms with Crippen molar-refractivity contribution in [2.75, 3.05) is 17.7 Å². The number of nitrogens with one attached hydrogen (secondary N) is 1. The SMILES string of the molecule is CCOc1ccccc1NC(=O)CSC(CCc1ccccc1)C(=O)O. The van der Waals surface area contributed by atoms with Gasteiger partial charge in [0.15, 0.2) is 0 Å². The van der Waals surface area contributed by atoms with Gasteiger partial charge in [-0.3, -0.25) is 9.59 Å². The Morgan fingerprint density at radius 1 is 1.12 bits per heavy atom. The predicted octanol–water partition coefficient (Wildman–Crippen LogP) is 3.84. The van der Waals surface area contributed by atoms with Crippen molar-refractivity contribution in [3.05, 3.63) is 60.2 Å². The van der Waals surface area contributed by atoms with E-state index in [0.717, 1.165) is 17.3 Å². The highest BCUT2D eigenvalue weighted by Crippen LogP contribution is 2.24. The molecule has 26 heavy (non-hydrogen) atoms. The summed E-state index contributed by atoms with van der Waals surface area (Å²) in [6.45, 7) is 2.38. The molecule has 0 aromatic heterocycles. The second-order valence-electron chi connectivity index (χ2n) is 5.64. The maximum atomic E-state index is 12.2. The summed E-state index contributed by atoms with van der Waals surface area (Å²) in [5.41, 5.74) is 1.69. The van der Waals surface area contributed by atoms with Crippen molar-refractivity contribution >= 4 is 29.3 Å². The van der Waals surface area contributed by atoms with E-state index in [4.69, 9.17) is 4.74 Å². The van der Waals surface area contributed by atoms with Gasteiger partial charge in [-0.2, -0.15) is 0 Å². The number of carbonyl (C=O) groups is 2. The summed E-state index contributed by atoms with van der Waals surface area (Å²) < 4.78 is 5.47. The van der Waals surface area contributed by atoms with Crippen LogP contribution in [0.4, 0.5) is 5.69 Å². The molecule has 0 aliphatic rings. The number of carbonyl (C=O) groups excluding carboxylic acids is 1. The number of ether oxygens (including phenoxy) is 1. The third kappa shape index (κ3) is 6.44. The van der Waals surface area contributed by atoms with Gasteiger partial charge in [0.25, 0.3) is 0 Å². The lowest BCUT2D eigenvalue weighted by atomic mass is 10.1. The monoisotopic (exact) mass is 373 g/mol. The molecular weight excluding hydrogens is 350 g/mol. The highest BCUT2D eigenvalue weighted by molar-refractivity contribution is 8.01. The van der Waals surface area contributed by atoms with E-state index in [2.05, 4.69) is 5.32 Å². The number of carboxylic acid groups (broad SMARTS) is 1. The molecule has 0 fully saturated rings. The van der Waals surface area contributed by atoms with Gasteiger partial charge in [0.1, 0.15) is 11.0 Å². The van der Waals surface area contributed by atoms with E-state index in [0.29, 0.717) is 30.9 Å². The van der Waals surface area contributed by atoms with Crippen LogP contribution in [0.3, 0.4) is 0 Å². The van der Waals surface area contributed by atoms with Crippen molar-refractivity contribution in [2.45, 2.75) is 25.0 Å². The van der Waals surface area contributed by atoms with Crippen LogP contribution in [0.2, 0.25) is 0 Å². The minimum atomic E-state index is -0.895. The van der Waals surface area contributed by atoms with Gasteiger partial charge < -0.3 is 15.2 Å². The van der Waals surface area contributed by atoms with Crippen LogP contribution in [-0.2, 0) is 16.0 Å². The summed E-state index contributed by atoms with van der Waals surface area (Å²) >= 11 is 1.14. The van der Waals surface area contributed by atoms with Crippen LogP contribution in [0.15, 0.2) is 54.6 Å². The van der Waals surface area contributed by atoms with Gasteiger partial charge in [-0.05, 0) is 37.5 Å². The average molecular weight is 373 g/mol. The predicted molar refractivity (Wildman–Crippen MR) is 105 cm³/mol. The van der Waals surface area contributed by atoms with Gasteiger partial charge in [0.05, 0.1) is 18.0 Å². The Balaban J connectivity index is 1.86. The molecule has 0 aliphatic carbocycles. The van der Waals surface area contributed by atoms with Gasteiger partial charge in [-0.1, -0.05) is 42.5 Å². The first-order valence-corrected chi connectivity index (χ1v) is 9.55. The molecule has 0 heterocycles. The Bertz CT molecular complexity index is 721. The summed E-state index contributed by atoms with van der Waals surface area (Å²) in [4.78, 5) is 23.6. The molecule has 138 valence electrons. The van der Waals surface area contributed by atoms with Crippen LogP contribution >= 0.6 is 11.8 Å². The number of para-hydroxylation sites is 2. The molecule has 2 aromatic rings. The maximum Gasteiger partial charge on any atom is 0.316 e. The fourth-order valence-corrected chi connectivity index (χ4v) is 3.29. The zero-order chi connectivity index (χ0) is 18.8. The number of hydrogen-bond acceptors (Lipinski definition) is 4. The van der Waals surface area contributed by atoms with E-state index in [1.54, 1.807) is 12.1 Å². The molecule has 0 bridgehead atoms. The molecule has 6 heteroatoms. The molecule has 0 spiro atoms. The van der Waals surface area contributed by atoms with Gasteiger partial charge in [-0.25, -0.2) is 0 Å². The molecule has 1 amide bonds. The fourth-order valence-electron chi connectivity index (χ4n) is 2.43. The number of carboxylic acids is 1. The molecule has 0 aliphatic heterocycles. The number of aliphatic carboxylic acids is 1. The van der Waals surface area contributed by atoms with E-state index >= 15 is 0 Å². The molecule has 5 nitrogen and oxygen atoms in total. The Hall–Kier alpha value is -2.47. The summed E-state index contributed by atoms with van der Waals surface area (Å²) in [5.74, 6) is -0.458. The lowest BCUT2D eigenvalue weighted by Crippen LogP contribution is -2.22. The number of anilines is 1. The van der Waals surface area contributed by atoms with E-state index in [-0.39, 0.29) is 11.7 Å². The molecule has 1 atom stereocenters. The van der Waals surface area contributed by atoms with Crippen LogP contribution in [0, 0.1) is 0 Å². The van der Waals surface area contributed by atoms with Crippen LogP contribution in [0.1, 0.15) is 18.9 Å². The first-order valence-electron chi connectivity index (χ1n) is 8.50. The van der Waals surface area contributed by atoms with Crippen molar-refractivity contribution < 1.29 is 19.4 Å². The number of hydrogen-bond donors (Lipinski definition) is 2. The van der Waals surface area contributed by atoms with Crippen LogP contribution in [0.25, 0.3) is 0 Å². The van der Waals surface area contributed by atoms with Crippen molar-refractivity contribution in [1.82, 2.24) is 0 Å². The third-order valence-electron chi connectivity index (χ3n) is 3.69. The summed E-state index contributed by atoms with van der Waals surface area (Å²) in [6, 6.07) is 16.9. The lowest BCUT2D eigenvalue weighted by Gasteiger charge is -2.14. The van der Waals surface area contributed by atoms with Gasteiger partial charge in [0, 0.05) is 0 Å². The van der Waals surface area contributed by atoms with Crippen molar-refractivity contribution in [2.24, 2.45) is 0 Å². The highest BCUT2D eigenvalue weighted by atomic mass is 32.2. The quantitative estimate of drug-likeness (QED) is 0.662. The molecule has 0 saturated carbocycles. The Morgan fingerprint density at radius 3 is 2.50 bits per heavy atom. The molecule has 0 radical (unpaired) electrons. The first-order chi connectivity index (χ1) is 12.6. The van der Waals surface area contributed by atoms with Crippen LogP contribution < -0.4 is 10.1 Å². The first kappa shape index (κ1) is 19.8. The second kappa shape index (κ2) is 10.5. The number of thioether (sulfide) groups is 1. The summed E-state index contributed by atoms with van der Waals surface area (Å²) in [7, 11) is 0. The minimum absolute atomic E-state index is 0.0756. The standard InChI is InChI=1S/C20H23NO4S/c1-2-25-17-11-7-6-10-16(17)21-19(22)14-26-18(20(23)24)13-12-15-8-4-3-5-9-15/h3-11,18H,2,12-14H2,1H3,(H,21,22)(H,23,24). The average Bonchev–Trinajstić information content (AvgIpc) is 2.64. The Morgan fingerprint density at radius 2 is 1.81 bits per heavy atom. The Labute approximate surface area is 157 Å². The van der Waals surface area contributed by atoms with E-state index in [9.17, 15) is 14.7 Å². The normalized spacial score (nSPS) is 11.6. The van der Waals surface area contributed by atoms with E-state index in [1.165, 1.54) is 0 Å². The topological polar surface area (TPSA) is 75.6 Å². The smallest absolute Gasteiger partial charge is 0.316 e. The second-order valence-corrected chi connectivity index (χ2v) is 6.83. The molecule has 1 unspecified atom stereocenters. The van der Waals surface area contributed by atoms with Gasteiger partial charge in [-0.15, -0.1) is 11.8 Å². The fraction of sp³-hybridized carbons (Fsp3) is 0.300. The largest absolute Gasteiger partial charge is 0.492 e. The highest BCUT2D eigenvalue weighted by Gasteiger charge is 2.19. The van der Waals surface area contributed by atoms with Crippen LogP contribution in [0.5, 0.6) is 5.75 Å². The number of amides is 1.